The lowest BCUT2D eigenvalue weighted by Crippen LogP contribution is -2.43. The highest BCUT2D eigenvalue weighted by atomic mass is 19.1. The quantitative estimate of drug-likeness (QED) is 0.627. The second-order valence-electron chi connectivity index (χ2n) is 7.67. The lowest BCUT2D eigenvalue weighted by Gasteiger charge is -2.27. The molecule has 7 heteroatoms. The number of phenols is 1. The molecule has 3 atom stereocenters. The van der Waals surface area contributed by atoms with Gasteiger partial charge >= 0.3 is 0 Å². The van der Waals surface area contributed by atoms with Gasteiger partial charge in [0, 0.05) is 23.9 Å². The van der Waals surface area contributed by atoms with E-state index in [-0.39, 0.29) is 17.8 Å². The Kier molecular flexibility index (Phi) is 4.95. The van der Waals surface area contributed by atoms with Crippen LogP contribution in [0.2, 0.25) is 0 Å². The molecule has 2 aliphatic rings. The zero-order chi connectivity index (χ0) is 21.4. The van der Waals surface area contributed by atoms with Crippen LogP contribution in [-0.4, -0.2) is 45.7 Å². The predicted molar refractivity (Wildman–Crippen MR) is 116 cm³/mol. The summed E-state index contributed by atoms with van der Waals surface area (Å²) in [5, 5.41) is 22.3. The lowest BCUT2D eigenvalue weighted by atomic mass is 9.95. The molecule has 0 radical (unpaired) electrons. The van der Waals surface area contributed by atoms with Gasteiger partial charge < -0.3 is 15.2 Å². The Morgan fingerprint density at radius 2 is 1.97 bits per heavy atom. The van der Waals surface area contributed by atoms with Gasteiger partial charge in [0.2, 0.25) is 5.88 Å². The Bertz CT molecular complexity index is 1180. The van der Waals surface area contributed by atoms with Crippen LogP contribution < -0.4 is 10.1 Å². The molecule has 2 bridgehead atoms. The first-order valence-corrected chi connectivity index (χ1v) is 10.1. The number of rotatable bonds is 4. The molecule has 0 unspecified atom stereocenters. The number of halogens is 1. The fraction of sp³-hybridized carbons (Fsp3) is 0.208. The molecular weight excluding hydrogens is 395 g/mol. The summed E-state index contributed by atoms with van der Waals surface area (Å²) in [5.41, 5.74) is 4.15. The van der Waals surface area contributed by atoms with Crippen molar-refractivity contribution in [3.05, 3.63) is 72.1 Å². The molecule has 0 amide bonds. The van der Waals surface area contributed by atoms with Crippen LogP contribution in [0.3, 0.4) is 0 Å². The second-order valence-corrected chi connectivity index (χ2v) is 7.67. The average Bonchev–Trinajstić information content (AvgIpc) is 3.21. The number of hydrogen-bond acceptors (Lipinski definition) is 6. The van der Waals surface area contributed by atoms with Crippen molar-refractivity contribution >= 4 is 6.08 Å². The maximum Gasteiger partial charge on any atom is 0.213 e. The highest BCUT2D eigenvalue weighted by Gasteiger charge is 2.34. The second kappa shape index (κ2) is 7.92. The number of hydrogen-bond donors (Lipinski definition) is 2. The number of nitrogens with zero attached hydrogens (tertiary/aromatic N) is 3. The van der Waals surface area contributed by atoms with Crippen molar-refractivity contribution in [2.75, 3.05) is 7.11 Å². The molecule has 156 valence electrons. The third-order valence-corrected chi connectivity index (χ3v) is 5.65. The Morgan fingerprint density at radius 3 is 2.74 bits per heavy atom. The van der Waals surface area contributed by atoms with Crippen molar-refractivity contribution in [3.8, 4) is 34.0 Å². The van der Waals surface area contributed by atoms with E-state index in [9.17, 15) is 9.50 Å². The molecule has 1 aromatic carbocycles. The third-order valence-electron chi connectivity index (χ3n) is 5.65. The van der Waals surface area contributed by atoms with Crippen LogP contribution in [0, 0.1) is 0 Å². The highest BCUT2D eigenvalue weighted by molar-refractivity contribution is 5.74. The fourth-order valence-corrected chi connectivity index (χ4v) is 4.04. The van der Waals surface area contributed by atoms with Crippen LogP contribution in [-0.2, 0) is 0 Å². The van der Waals surface area contributed by atoms with Gasteiger partial charge in [0.15, 0.2) is 0 Å². The molecule has 2 aromatic heterocycles. The van der Waals surface area contributed by atoms with E-state index in [2.05, 4.69) is 20.5 Å². The fourth-order valence-electron chi connectivity index (χ4n) is 4.04. The van der Waals surface area contributed by atoms with Gasteiger partial charge in [0.1, 0.15) is 11.9 Å². The van der Waals surface area contributed by atoms with Crippen molar-refractivity contribution in [2.45, 2.75) is 24.7 Å². The van der Waals surface area contributed by atoms with Crippen LogP contribution in [0.1, 0.15) is 12.1 Å². The van der Waals surface area contributed by atoms with Gasteiger partial charge in [-0.3, -0.25) is 0 Å². The van der Waals surface area contributed by atoms with Gasteiger partial charge in [-0.2, -0.15) is 5.10 Å². The molecule has 1 saturated heterocycles. The number of aromatic nitrogens is 3. The van der Waals surface area contributed by atoms with Gasteiger partial charge in [-0.15, -0.1) is 5.10 Å². The van der Waals surface area contributed by atoms with Crippen LogP contribution in [0.5, 0.6) is 11.6 Å². The summed E-state index contributed by atoms with van der Waals surface area (Å²) in [5.74, 6) is 0.600. The number of piperidine rings is 1. The summed E-state index contributed by atoms with van der Waals surface area (Å²) in [6.07, 6.45) is 6.90. The summed E-state index contributed by atoms with van der Waals surface area (Å²) < 4.78 is 19.7. The number of pyridine rings is 1. The van der Waals surface area contributed by atoms with Gasteiger partial charge in [0.05, 0.1) is 24.5 Å². The number of benzene rings is 1. The smallest absolute Gasteiger partial charge is 0.213 e. The minimum atomic E-state index is -1.06. The van der Waals surface area contributed by atoms with Crippen molar-refractivity contribution in [1.82, 2.24) is 20.5 Å². The predicted octanol–water partition coefficient (Wildman–Crippen LogP) is 3.94. The van der Waals surface area contributed by atoms with E-state index in [1.807, 2.05) is 24.3 Å². The molecule has 6 nitrogen and oxygen atoms in total. The van der Waals surface area contributed by atoms with Gasteiger partial charge in [-0.05, 0) is 59.5 Å². The number of alkyl halides is 1. The maximum absolute atomic E-state index is 14.6. The van der Waals surface area contributed by atoms with Crippen LogP contribution >= 0.6 is 0 Å². The maximum atomic E-state index is 14.6. The zero-order valence-electron chi connectivity index (χ0n) is 16.9. The number of phenolic OH excluding ortho intramolecular Hbond substituents is 1. The number of ether oxygens (including phenoxy) is 1. The van der Waals surface area contributed by atoms with Crippen molar-refractivity contribution in [2.24, 2.45) is 0 Å². The summed E-state index contributed by atoms with van der Waals surface area (Å²) in [6.45, 7) is 0. The minimum Gasteiger partial charge on any atom is -0.507 e. The van der Waals surface area contributed by atoms with Crippen LogP contribution in [0.25, 0.3) is 28.5 Å². The number of fused-ring (bicyclic) bond motifs is 2. The molecular formula is C24H21FN4O2. The normalized spacial score (nSPS) is 23.3. The molecule has 0 aliphatic carbocycles. The topological polar surface area (TPSA) is 80.2 Å². The van der Waals surface area contributed by atoms with E-state index in [4.69, 9.17) is 4.74 Å². The molecule has 31 heavy (non-hydrogen) atoms. The number of aromatic hydroxyl groups is 1. The Morgan fingerprint density at radius 1 is 1.10 bits per heavy atom. The number of methoxy groups -OCH3 is 1. The van der Waals surface area contributed by atoms with Gasteiger partial charge in [0.25, 0.3) is 0 Å². The summed E-state index contributed by atoms with van der Waals surface area (Å²) in [4.78, 5) is 4.10. The van der Waals surface area contributed by atoms with Crippen molar-refractivity contribution in [1.29, 1.82) is 0 Å². The molecule has 0 spiro atoms. The largest absolute Gasteiger partial charge is 0.507 e. The monoisotopic (exact) mass is 416 g/mol. The van der Waals surface area contributed by atoms with Gasteiger partial charge in [-0.1, -0.05) is 18.2 Å². The molecule has 2 aliphatic heterocycles. The van der Waals surface area contributed by atoms with E-state index >= 15 is 0 Å². The summed E-state index contributed by atoms with van der Waals surface area (Å²) >= 11 is 0. The molecule has 2 N–H and O–H groups in total. The zero-order valence-corrected chi connectivity index (χ0v) is 16.9. The van der Waals surface area contributed by atoms with Crippen LogP contribution in [0.4, 0.5) is 4.39 Å². The van der Waals surface area contributed by atoms with Crippen LogP contribution in [0.15, 0.2) is 66.4 Å². The van der Waals surface area contributed by atoms with E-state index < -0.39 is 6.17 Å². The van der Waals surface area contributed by atoms with Crippen molar-refractivity contribution < 1.29 is 14.2 Å². The Hall–Kier alpha value is -3.58. The molecule has 1 fully saturated rings. The van der Waals surface area contributed by atoms with Gasteiger partial charge in [-0.25, -0.2) is 9.37 Å². The third kappa shape index (κ3) is 3.80. The van der Waals surface area contributed by atoms with E-state index in [1.54, 1.807) is 49.7 Å². The van der Waals surface area contributed by atoms with E-state index in [0.29, 0.717) is 29.3 Å². The molecule has 0 saturated carbocycles. The molecule has 5 rings (SSSR count). The van der Waals surface area contributed by atoms with Crippen molar-refractivity contribution in [3.63, 3.8) is 0 Å². The average molecular weight is 416 g/mol. The first-order chi connectivity index (χ1) is 15.1. The van der Waals surface area contributed by atoms with E-state index in [0.717, 1.165) is 16.7 Å². The first-order valence-electron chi connectivity index (χ1n) is 10.1. The number of nitrogens with one attached hydrogen (secondary N) is 1. The highest BCUT2D eigenvalue weighted by Crippen LogP contribution is 2.33. The Balaban J connectivity index is 1.38. The minimum absolute atomic E-state index is 0.0958. The lowest BCUT2D eigenvalue weighted by molar-refractivity contribution is 0.285. The molecule has 3 aromatic rings. The molecule has 4 heterocycles. The standard InChI is InChI=1S/C24H21FN4O2/c1-31-23-13-15(8-9-26-23)14-2-5-19(22(30)12-14)20-6-4-18(28-29-20)11-16-10-17-3-7-21(27-17)24(16)25/h2-9,11-13,17,21,24,27,30H,10H2,1H3/b16-11+/t17-,21+,24-/m1/s1. The SMILES string of the molecule is COc1cc(-c2ccc(-c3ccc(/C=C4\C[C@H]5C=C[C@H](N5)[C@@H]4F)nn3)c(O)c2)ccn1. The summed E-state index contributed by atoms with van der Waals surface area (Å²) in [7, 11) is 1.56. The van der Waals surface area contributed by atoms with E-state index in [1.165, 1.54) is 0 Å². The first kappa shape index (κ1) is 19.4. The summed E-state index contributed by atoms with van der Waals surface area (Å²) in [6, 6.07) is 12.5. The Labute approximate surface area is 179 Å².